The molecule has 2 heterocycles. The van der Waals surface area contributed by atoms with Crippen LogP contribution in [0.5, 0.6) is 0 Å². The minimum atomic E-state index is -3.79. The van der Waals surface area contributed by atoms with Gasteiger partial charge in [0.1, 0.15) is 4.88 Å². The Morgan fingerprint density at radius 2 is 2.32 bits per heavy atom. The fraction of sp³-hybridized carbons (Fsp3) is 0.222. The third-order valence-electron chi connectivity index (χ3n) is 2.08. The quantitative estimate of drug-likeness (QED) is 0.829. The molecule has 0 aliphatic heterocycles. The van der Waals surface area contributed by atoms with Crippen molar-refractivity contribution in [2.24, 2.45) is 0 Å². The fourth-order valence-electron chi connectivity index (χ4n) is 1.22. The van der Waals surface area contributed by atoms with Crippen LogP contribution in [0, 0.1) is 6.92 Å². The Kier molecular flexibility index (Phi) is 3.64. The summed E-state index contributed by atoms with van der Waals surface area (Å²) in [5.74, 6) is -0.633. The molecule has 0 amide bonds. The normalized spacial score (nSPS) is 11.6. The van der Waals surface area contributed by atoms with Gasteiger partial charge < -0.3 is 9.63 Å². The van der Waals surface area contributed by atoms with Gasteiger partial charge in [-0.3, -0.25) is 0 Å². The molecule has 8 nitrogen and oxygen atoms in total. The Hall–Kier alpha value is -1.78. The van der Waals surface area contributed by atoms with Gasteiger partial charge in [0.05, 0.1) is 11.4 Å². The van der Waals surface area contributed by atoms with E-state index in [1.807, 2.05) is 0 Å². The standard InChI is InChI=1S/C9H9N3O5S2/c1-5-11-8(17-12-5)3-10-19(15,16)6-2-7(9(13)14)18-4-6/h2,4,10H,3H2,1H3,(H,13,14). The molecule has 102 valence electrons. The molecule has 2 aromatic rings. The molecular formula is C9H9N3O5S2. The second-order valence-corrected chi connectivity index (χ2v) is 6.19. The smallest absolute Gasteiger partial charge is 0.345 e. The number of carbonyl (C=O) groups is 1. The Balaban J connectivity index is 2.11. The van der Waals surface area contributed by atoms with Crippen LogP contribution in [0.2, 0.25) is 0 Å². The van der Waals surface area contributed by atoms with Gasteiger partial charge in [-0.05, 0) is 13.0 Å². The molecule has 0 spiro atoms. The molecule has 19 heavy (non-hydrogen) atoms. The Bertz CT molecular complexity index is 703. The highest BCUT2D eigenvalue weighted by molar-refractivity contribution is 7.89. The summed E-state index contributed by atoms with van der Waals surface area (Å²) in [5, 5.41) is 13.5. The molecule has 0 aliphatic carbocycles. The first kappa shape index (κ1) is 13.6. The summed E-state index contributed by atoms with van der Waals surface area (Å²) in [6.07, 6.45) is 0. The maximum Gasteiger partial charge on any atom is 0.345 e. The van der Waals surface area contributed by atoms with E-state index >= 15 is 0 Å². The van der Waals surface area contributed by atoms with E-state index in [-0.39, 0.29) is 22.2 Å². The van der Waals surface area contributed by atoms with Crippen molar-refractivity contribution in [2.45, 2.75) is 18.4 Å². The molecule has 10 heteroatoms. The number of hydrogen-bond acceptors (Lipinski definition) is 7. The number of nitrogens with one attached hydrogen (secondary N) is 1. The summed E-state index contributed by atoms with van der Waals surface area (Å²) in [4.78, 5) is 14.4. The van der Waals surface area contributed by atoms with Crippen LogP contribution in [0.4, 0.5) is 0 Å². The maximum absolute atomic E-state index is 11.9. The number of nitrogens with zero attached hydrogens (tertiary/aromatic N) is 2. The minimum Gasteiger partial charge on any atom is -0.477 e. The molecule has 0 bridgehead atoms. The van der Waals surface area contributed by atoms with Gasteiger partial charge in [-0.25, -0.2) is 17.9 Å². The molecule has 0 aromatic carbocycles. The molecule has 0 saturated heterocycles. The third-order valence-corrected chi connectivity index (χ3v) is 4.53. The number of carboxylic acid groups (broad SMARTS) is 1. The zero-order valence-corrected chi connectivity index (χ0v) is 11.3. The topological polar surface area (TPSA) is 122 Å². The summed E-state index contributed by atoms with van der Waals surface area (Å²) in [6, 6.07) is 1.09. The van der Waals surface area contributed by atoms with E-state index in [1.54, 1.807) is 6.92 Å². The summed E-state index contributed by atoms with van der Waals surface area (Å²) < 4.78 is 30.7. The molecule has 2 N–H and O–H groups in total. The van der Waals surface area contributed by atoms with E-state index < -0.39 is 16.0 Å². The lowest BCUT2D eigenvalue weighted by atomic mass is 10.5. The van der Waals surface area contributed by atoms with Gasteiger partial charge in [-0.2, -0.15) is 4.98 Å². The van der Waals surface area contributed by atoms with E-state index in [4.69, 9.17) is 9.63 Å². The summed E-state index contributed by atoms with van der Waals surface area (Å²) in [5.41, 5.74) is 0. The third kappa shape index (κ3) is 3.16. The van der Waals surface area contributed by atoms with Crippen LogP contribution in [-0.2, 0) is 16.6 Å². The highest BCUT2D eigenvalue weighted by Crippen LogP contribution is 2.19. The summed E-state index contributed by atoms with van der Waals surface area (Å²) in [6.45, 7) is 1.46. The van der Waals surface area contributed by atoms with Crippen LogP contribution < -0.4 is 4.72 Å². The van der Waals surface area contributed by atoms with Gasteiger partial charge in [0.25, 0.3) is 0 Å². The second-order valence-electron chi connectivity index (χ2n) is 3.51. The van der Waals surface area contributed by atoms with E-state index in [0.29, 0.717) is 5.82 Å². The number of thiophene rings is 1. The SMILES string of the molecule is Cc1noc(CNS(=O)(=O)c2csc(C(=O)O)c2)n1. The Morgan fingerprint density at radius 1 is 1.58 bits per heavy atom. The van der Waals surface area contributed by atoms with E-state index in [2.05, 4.69) is 14.9 Å². The molecular weight excluding hydrogens is 294 g/mol. The first-order chi connectivity index (χ1) is 8.88. The first-order valence-corrected chi connectivity index (χ1v) is 7.35. The van der Waals surface area contributed by atoms with E-state index in [9.17, 15) is 13.2 Å². The van der Waals surface area contributed by atoms with E-state index in [0.717, 1.165) is 17.4 Å². The highest BCUT2D eigenvalue weighted by atomic mass is 32.2. The number of aryl methyl sites for hydroxylation is 1. The molecule has 2 aromatic heterocycles. The van der Waals surface area contributed by atoms with Crippen molar-refractivity contribution in [1.29, 1.82) is 0 Å². The first-order valence-electron chi connectivity index (χ1n) is 4.99. The van der Waals surface area contributed by atoms with Crippen molar-refractivity contribution in [1.82, 2.24) is 14.9 Å². The minimum absolute atomic E-state index is 0.0472. The van der Waals surface area contributed by atoms with Crippen LogP contribution >= 0.6 is 11.3 Å². The molecule has 0 radical (unpaired) electrons. The van der Waals surface area contributed by atoms with Crippen LogP contribution in [0.3, 0.4) is 0 Å². The fourth-order valence-corrected chi connectivity index (χ4v) is 3.31. The average Bonchev–Trinajstić information content (AvgIpc) is 2.95. The van der Waals surface area contributed by atoms with Crippen LogP contribution in [0.25, 0.3) is 0 Å². The van der Waals surface area contributed by atoms with E-state index in [1.165, 1.54) is 5.38 Å². The average molecular weight is 303 g/mol. The van der Waals surface area contributed by atoms with Crippen LogP contribution in [0.1, 0.15) is 21.4 Å². The number of hydrogen-bond donors (Lipinski definition) is 2. The molecule has 0 fully saturated rings. The molecule has 0 unspecified atom stereocenters. The van der Waals surface area contributed by atoms with Crippen molar-refractivity contribution in [3.05, 3.63) is 28.0 Å². The lowest BCUT2D eigenvalue weighted by Gasteiger charge is -2.01. The van der Waals surface area contributed by atoms with Gasteiger partial charge in [-0.15, -0.1) is 11.3 Å². The van der Waals surface area contributed by atoms with Crippen molar-refractivity contribution < 1.29 is 22.8 Å². The second kappa shape index (κ2) is 5.07. The monoisotopic (exact) mass is 303 g/mol. The van der Waals surface area contributed by atoms with Gasteiger partial charge in [0.15, 0.2) is 5.82 Å². The molecule has 0 saturated carbocycles. The molecule has 0 atom stereocenters. The van der Waals surface area contributed by atoms with Gasteiger partial charge in [0.2, 0.25) is 15.9 Å². The largest absolute Gasteiger partial charge is 0.477 e. The number of sulfonamides is 1. The van der Waals surface area contributed by atoms with Crippen molar-refractivity contribution in [3.8, 4) is 0 Å². The predicted octanol–water partition coefficient (Wildman–Crippen LogP) is 0.616. The Morgan fingerprint density at radius 3 is 2.84 bits per heavy atom. The van der Waals surface area contributed by atoms with Crippen molar-refractivity contribution in [2.75, 3.05) is 0 Å². The number of carboxylic acids is 1. The number of rotatable bonds is 5. The van der Waals surface area contributed by atoms with Crippen LogP contribution in [-0.4, -0.2) is 29.6 Å². The van der Waals surface area contributed by atoms with Crippen molar-refractivity contribution in [3.63, 3.8) is 0 Å². The van der Waals surface area contributed by atoms with Gasteiger partial charge >= 0.3 is 5.97 Å². The molecule has 2 rings (SSSR count). The zero-order valence-electron chi connectivity index (χ0n) is 9.65. The highest BCUT2D eigenvalue weighted by Gasteiger charge is 2.19. The number of aromatic nitrogens is 2. The number of aromatic carboxylic acids is 1. The lowest BCUT2D eigenvalue weighted by molar-refractivity contribution is 0.0702. The molecule has 0 aliphatic rings. The maximum atomic E-state index is 11.9. The predicted molar refractivity (Wildman–Crippen MR) is 64.3 cm³/mol. The van der Waals surface area contributed by atoms with Gasteiger partial charge in [-0.1, -0.05) is 5.16 Å². The van der Waals surface area contributed by atoms with Crippen molar-refractivity contribution >= 4 is 27.3 Å². The lowest BCUT2D eigenvalue weighted by Crippen LogP contribution is -2.23. The van der Waals surface area contributed by atoms with Crippen LogP contribution in [0.15, 0.2) is 20.9 Å². The summed E-state index contributed by atoms with van der Waals surface area (Å²) >= 11 is 0.840. The van der Waals surface area contributed by atoms with Gasteiger partial charge in [0, 0.05) is 5.38 Å². The summed E-state index contributed by atoms with van der Waals surface area (Å²) in [7, 11) is -3.79. The Labute approximate surface area is 112 Å². The zero-order chi connectivity index (χ0) is 14.0.